The number of piperidine rings is 2. The van der Waals surface area contributed by atoms with Crippen LogP contribution in [0.5, 0.6) is 0 Å². The SMILES string of the molecule is Nc1ccnc(N2CCC(N3CCC[C@@H](C(=O)NCc4cccnc4)C3)CC2)n1. The van der Waals surface area contributed by atoms with Crippen LogP contribution in [0, 0.1) is 5.92 Å². The normalized spacial score (nSPS) is 21.1. The molecule has 4 heterocycles. The van der Waals surface area contributed by atoms with Gasteiger partial charge in [0.25, 0.3) is 0 Å². The minimum Gasteiger partial charge on any atom is -0.384 e. The summed E-state index contributed by atoms with van der Waals surface area (Å²) in [4.78, 5) is 30.2. The molecule has 0 radical (unpaired) electrons. The van der Waals surface area contributed by atoms with Crippen LogP contribution in [-0.4, -0.2) is 58.0 Å². The van der Waals surface area contributed by atoms with Gasteiger partial charge in [-0.05, 0) is 49.9 Å². The predicted octanol–water partition coefficient (Wildman–Crippen LogP) is 1.45. The van der Waals surface area contributed by atoms with Crippen molar-refractivity contribution in [3.63, 3.8) is 0 Å². The summed E-state index contributed by atoms with van der Waals surface area (Å²) in [5.74, 6) is 1.45. The molecule has 154 valence electrons. The maximum atomic E-state index is 12.7. The van der Waals surface area contributed by atoms with Crippen molar-refractivity contribution in [1.82, 2.24) is 25.2 Å². The van der Waals surface area contributed by atoms with Crippen LogP contribution in [0.4, 0.5) is 11.8 Å². The average molecular weight is 396 g/mol. The average Bonchev–Trinajstić information content (AvgIpc) is 2.78. The Labute approximate surface area is 171 Å². The van der Waals surface area contributed by atoms with Gasteiger partial charge in [0.2, 0.25) is 11.9 Å². The highest BCUT2D eigenvalue weighted by Crippen LogP contribution is 2.25. The van der Waals surface area contributed by atoms with Gasteiger partial charge in [0.15, 0.2) is 0 Å². The number of carbonyl (C=O) groups is 1. The van der Waals surface area contributed by atoms with Gasteiger partial charge in [0, 0.05) is 50.8 Å². The number of likely N-dealkylation sites (tertiary alicyclic amines) is 1. The molecule has 2 saturated heterocycles. The molecule has 2 aliphatic rings. The summed E-state index contributed by atoms with van der Waals surface area (Å²) in [5, 5.41) is 3.08. The molecule has 29 heavy (non-hydrogen) atoms. The van der Waals surface area contributed by atoms with Crippen LogP contribution < -0.4 is 16.0 Å². The summed E-state index contributed by atoms with van der Waals surface area (Å²) in [5.41, 5.74) is 6.82. The number of nitrogen functional groups attached to an aromatic ring is 1. The standard InChI is InChI=1S/C21H29N7O/c22-19-5-9-24-21(26-19)27-11-6-18(7-12-27)28-10-2-4-17(15-28)20(29)25-14-16-3-1-8-23-13-16/h1,3,5,8-9,13,17-18H,2,4,6-7,10-12,14-15H2,(H,25,29)(H2,22,24,26)/t17-/m1/s1. The largest absolute Gasteiger partial charge is 0.384 e. The van der Waals surface area contributed by atoms with Crippen LogP contribution in [-0.2, 0) is 11.3 Å². The molecule has 2 fully saturated rings. The molecule has 0 unspecified atom stereocenters. The highest BCUT2D eigenvalue weighted by molar-refractivity contribution is 5.78. The topological polar surface area (TPSA) is 100 Å². The Hall–Kier alpha value is -2.74. The van der Waals surface area contributed by atoms with Crippen LogP contribution in [0.3, 0.4) is 0 Å². The zero-order valence-electron chi connectivity index (χ0n) is 16.7. The van der Waals surface area contributed by atoms with Crippen LogP contribution in [0.2, 0.25) is 0 Å². The van der Waals surface area contributed by atoms with E-state index in [0.717, 1.165) is 63.4 Å². The molecule has 2 aromatic rings. The number of carbonyl (C=O) groups excluding carboxylic acids is 1. The van der Waals surface area contributed by atoms with Crippen LogP contribution in [0.15, 0.2) is 36.8 Å². The number of hydrogen-bond donors (Lipinski definition) is 2. The maximum absolute atomic E-state index is 12.7. The summed E-state index contributed by atoms with van der Waals surface area (Å²) >= 11 is 0. The van der Waals surface area contributed by atoms with E-state index in [1.807, 2.05) is 12.1 Å². The number of anilines is 2. The molecule has 2 aromatic heterocycles. The molecule has 0 saturated carbocycles. The molecule has 2 aliphatic heterocycles. The van der Waals surface area contributed by atoms with E-state index in [0.29, 0.717) is 18.4 Å². The van der Waals surface area contributed by atoms with E-state index in [2.05, 4.69) is 30.1 Å². The fourth-order valence-corrected chi connectivity index (χ4v) is 4.33. The van der Waals surface area contributed by atoms with Crippen LogP contribution >= 0.6 is 0 Å². The zero-order valence-corrected chi connectivity index (χ0v) is 16.7. The molecule has 1 atom stereocenters. The van der Waals surface area contributed by atoms with Crippen molar-refractivity contribution >= 4 is 17.7 Å². The van der Waals surface area contributed by atoms with Gasteiger partial charge >= 0.3 is 0 Å². The van der Waals surface area contributed by atoms with Gasteiger partial charge in [-0.1, -0.05) is 6.07 Å². The molecule has 8 nitrogen and oxygen atoms in total. The summed E-state index contributed by atoms with van der Waals surface area (Å²) in [6.45, 7) is 4.30. The number of rotatable bonds is 5. The van der Waals surface area contributed by atoms with Crippen molar-refractivity contribution in [3.05, 3.63) is 42.4 Å². The Kier molecular flexibility index (Phi) is 6.19. The molecule has 0 spiro atoms. The summed E-state index contributed by atoms with van der Waals surface area (Å²) in [6.07, 6.45) is 9.40. The van der Waals surface area contributed by atoms with E-state index < -0.39 is 0 Å². The predicted molar refractivity (Wildman–Crippen MR) is 112 cm³/mol. The minimum atomic E-state index is 0.0655. The fraction of sp³-hybridized carbons (Fsp3) is 0.524. The molecule has 0 bridgehead atoms. The first-order valence-corrected chi connectivity index (χ1v) is 10.4. The zero-order chi connectivity index (χ0) is 20.1. The Bertz CT molecular complexity index is 808. The third-order valence-electron chi connectivity index (χ3n) is 5.94. The Morgan fingerprint density at radius 2 is 2.03 bits per heavy atom. The third kappa shape index (κ3) is 5.00. The lowest BCUT2D eigenvalue weighted by molar-refractivity contribution is -0.127. The summed E-state index contributed by atoms with van der Waals surface area (Å²) in [7, 11) is 0. The van der Waals surface area contributed by atoms with E-state index in [1.54, 1.807) is 24.7 Å². The van der Waals surface area contributed by atoms with E-state index in [4.69, 9.17) is 5.73 Å². The van der Waals surface area contributed by atoms with Crippen molar-refractivity contribution in [3.8, 4) is 0 Å². The second kappa shape index (κ2) is 9.17. The quantitative estimate of drug-likeness (QED) is 0.790. The number of nitrogens with two attached hydrogens (primary N) is 1. The first-order chi connectivity index (χ1) is 14.2. The fourth-order valence-electron chi connectivity index (χ4n) is 4.33. The summed E-state index contributed by atoms with van der Waals surface area (Å²) < 4.78 is 0. The van der Waals surface area contributed by atoms with Gasteiger partial charge in [-0.3, -0.25) is 14.7 Å². The number of aromatic nitrogens is 3. The van der Waals surface area contributed by atoms with Crippen molar-refractivity contribution in [2.45, 2.75) is 38.3 Å². The van der Waals surface area contributed by atoms with Gasteiger partial charge in [-0.2, -0.15) is 4.98 Å². The first-order valence-electron chi connectivity index (χ1n) is 10.4. The smallest absolute Gasteiger partial charge is 0.227 e. The van der Waals surface area contributed by atoms with E-state index in [9.17, 15) is 4.79 Å². The van der Waals surface area contributed by atoms with Crippen LogP contribution in [0.25, 0.3) is 0 Å². The second-order valence-electron chi connectivity index (χ2n) is 7.91. The minimum absolute atomic E-state index is 0.0655. The van der Waals surface area contributed by atoms with Gasteiger partial charge in [0.1, 0.15) is 5.82 Å². The lowest BCUT2D eigenvalue weighted by Crippen LogP contribution is -2.51. The van der Waals surface area contributed by atoms with Gasteiger partial charge in [-0.15, -0.1) is 0 Å². The Morgan fingerprint density at radius 1 is 1.17 bits per heavy atom. The summed E-state index contributed by atoms with van der Waals surface area (Å²) in [6, 6.07) is 6.11. The molecule has 0 aliphatic carbocycles. The Morgan fingerprint density at radius 3 is 2.79 bits per heavy atom. The van der Waals surface area contributed by atoms with E-state index in [1.165, 1.54) is 0 Å². The van der Waals surface area contributed by atoms with Crippen molar-refractivity contribution in [2.75, 3.05) is 36.8 Å². The number of nitrogens with zero attached hydrogens (tertiary/aromatic N) is 5. The van der Waals surface area contributed by atoms with Crippen molar-refractivity contribution < 1.29 is 4.79 Å². The maximum Gasteiger partial charge on any atom is 0.227 e. The number of amides is 1. The van der Waals surface area contributed by atoms with Gasteiger partial charge < -0.3 is 16.0 Å². The lowest BCUT2D eigenvalue weighted by Gasteiger charge is -2.42. The van der Waals surface area contributed by atoms with Crippen LogP contribution in [0.1, 0.15) is 31.2 Å². The third-order valence-corrected chi connectivity index (χ3v) is 5.94. The molecular weight excluding hydrogens is 366 g/mol. The molecular formula is C21H29N7O. The number of pyridine rings is 1. The molecule has 0 aromatic carbocycles. The number of hydrogen-bond acceptors (Lipinski definition) is 7. The molecule has 4 rings (SSSR count). The Balaban J connectivity index is 1.27. The number of nitrogens with one attached hydrogen (secondary N) is 1. The molecule has 8 heteroatoms. The van der Waals surface area contributed by atoms with Crippen molar-refractivity contribution in [1.29, 1.82) is 0 Å². The van der Waals surface area contributed by atoms with E-state index >= 15 is 0 Å². The lowest BCUT2D eigenvalue weighted by atomic mass is 9.93. The van der Waals surface area contributed by atoms with Gasteiger partial charge in [0.05, 0.1) is 5.92 Å². The molecule has 1 amide bonds. The second-order valence-corrected chi connectivity index (χ2v) is 7.91. The first kappa shape index (κ1) is 19.6. The molecule has 3 N–H and O–H groups in total. The van der Waals surface area contributed by atoms with Crippen molar-refractivity contribution in [2.24, 2.45) is 5.92 Å². The van der Waals surface area contributed by atoms with E-state index in [-0.39, 0.29) is 11.8 Å². The monoisotopic (exact) mass is 395 g/mol. The highest BCUT2D eigenvalue weighted by atomic mass is 16.1. The highest BCUT2D eigenvalue weighted by Gasteiger charge is 2.32. The van der Waals surface area contributed by atoms with Gasteiger partial charge in [-0.25, -0.2) is 4.98 Å².